The number of carbonyl (C=O) groups excluding carboxylic acids is 1. The number of likely N-dealkylation sites (N-methyl/N-ethyl adjacent to an activating group) is 1. The number of nitrogens with zero attached hydrogens (tertiary/aromatic N) is 2. The highest BCUT2D eigenvalue weighted by atomic mass is 35.5. The minimum Gasteiger partial charge on any atom is -0.485 e. The van der Waals surface area contributed by atoms with Gasteiger partial charge in [-0.25, -0.2) is 25.5 Å². The normalized spacial score (nSPS) is 16.4. The molecule has 0 N–H and O–H groups in total. The van der Waals surface area contributed by atoms with E-state index in [1.165, 1.54) is 19.2 Å². The van der Waals surface area contributed by atoms with E-state index in [1.54, 1.807) is 26.8 Å². The summed E-state index contributed by atoms with van der Waals surface area (Å²) in [7, 11) is -6.47. The van der Waals surface area contributed by atoms with Gasteiger partial charge in [0.25, 0.3) is 10.0 Å². The molecule has 0 saturated carbocycles. The molecule has 0 radical (unpaired) electrons. The highest BCUT2D eigenvalue weighted by molar-refractivity contribution is 7.92. The highest BCUT2D eigenvalue weighted by Gasteiger charge is 2.36. The smallest absolute Gasteiger partial charge is 0.310 e. The molecule has 1 heterocycles. The number of rotatable bonds is 7. The lowest BCUT2D eigenvalue weighted by atomic mass is 10.1. The molecule has 3 rings (SSSR count). The molecule has 198 valence electrons. The van der Waals surface area contributed by atoms with Gasteiger partial charge in [-0.05, 0) is 56.7 Å². The molecule has 0 spiro atoms. The number of carbonyl (C=O) groups is 1. The van der Waals surface area contributed by atoms with Crippen molar-refractivity contribution in [2.24, 2.45) is 0 Å². The Bertz CT molecular complexity index is 1380. The van der Waals surface area contributed by atoms with Crippen LogP contribution in [0.4, 0.5) is 10.1 Å². The summed E-state index contributed by atoms with van der Waals surface area (Å²) in [4.78, 5) is 12.1. The number of ether oxygens (including phenoxy) is 2. The van der Waals surface area contributed by atoms with Crippen molar-refractivity contribution >= 4 is 43.3 Å². The Morgan fingerprint density at radius 2 is 1.86 bits per heavy atom. The zero-order valence-electron chi connectivity index (χ0n) is 20.5. The van der Waals surface area contributed by atoms with Gasteiger partial charge in [0.2, 0.25) is 10.0 Å². The summed E-state index contributed by atoms with van der Waals surface area (Å²) < 4.78 is 78.2. The summed E-state index contributed by atoms with van der Waals surface area (Å²) in [5.74, 6) is -1.09. The first kappa shape index (κ1) is 28.2. The van der Waals surface area contributed by atoms with Crippen LogP contribution in [0.5, 0.6) is 5.75 Å². The maximum absolute atomic E-state index is 13.7. The molecule has 0 aliphatic carbocycles. The fourth-order valence-corrected chi connectivity index (χ4v) is 5.73. The Labute approximate surface area is 215 Å². The van der Waals surface area contributed by atoms with E-state index < -0.39 is 43.5 Å². The van der Waals surface area contributed by atoms with Crippen LogP contribution in [0.3, 0.4) is 0 Å². The number of hydrogen-bond acceptors (Lipinski definition) is 7. The van der Waals surface area contributed by atoms with Crippen molar-refractivity contribution in [3.63, 3.8) is 0 Å². The zero-order chi connectivity index (χ0) is 27.1. The van der Waals surface area contributed by atoms with E-state index in [9.17, 15) is 26.0 Å². The molecule has 0 bridgehead atoms. The van der Waals surface area contributed by atoms with Gasteiger partial charge in [0.05, 0.1) is 41.4 Å². The van der Waals surface area contributed by atoms with Crippen LogP contribution in [0.15, 0.2) is 41.3 Å². The van der Waals surface area contributed by atoms with Crippen molar-refractivity contribution in [2.45, 2.75) is 43.8 Å². The van der Waals surface area contributed by atoms with Crippen LogP contribution in [0, 0.1) is 5.82 Å². The summed E-state index contributed by atoms with van der Waals surface area (Å²) >= 11 is 5.83. The van der Waals surface area contributed by atoms with Gasteiger partial charge in [0, 0.05) is 7.05 Å². The van der Waals surface area contributed by atoms with Gasteiger partial charge in [-0.2, -0.15) is 0 Å². The predicted molar refractivity (Wildman–Crippen MR) is 134 cm³/mol. The van der Waals surface area contributed by atoms with Gasteiger partial charge in [0.15, 0.2) is 0 Å². The number of halogens is 2. The number of benzene rings is 2. The van der Waals surface area contributed by atoms with Crippen molar-refractivity contribution < 1.29 is 35.5 Å². The molecular formula is C23H28ClFN2O7S2. The average molecular weight is 563 g/mol. The first-order valence-electron chi connectivity index (χ1n) is 10.9. The van der Waals surface area contributed by atoms with Crippen molar-refractivity contribution in [1.29, 1.82) is 0 Å². The first-order valence-corrected chi connectivity index (χ1v) is 14.5. The van der Waals surface area contributed by atoms with E-state index in [4.69, 9.17) is 21.1 Å². The van der Waals surface area contributed by atoms with Crippen molar-refractivity contribution in [3.8, 4) is 5.75 Å². The summed E-state index contributed by atoms with van der Waals surface area (Å²) in [6.45, 7) is 4.86. The second-order valence-electron chi connectivity index (χ2n) is 9.46. The minimum atomic E-state index is -4.27. The van der Waals surface area contributed by atoms with E-state index in [0.717, 1.165) is 33.1 Å². The molecule has 1 aliphatic heterocycles. The molecule has 2 aromatic carbocycles. The van der Waals surface area contributed by atoms with E-state index in [-0.39, 0.29) is 40.9 Å². The highest BCUT2D eigenvalue weighted by Crippen LogP contribution is 2.38. The monoisotopic (exact) mass is 562 g/mol. The van der Waals surface area contributed by atoms with Gasteiger partial charge in [-0.3, -0.25) is 9.10 Å². The third-order valence-electron chi connectivity index (χ3n) is 5.23. The second-order valence-corrected chi connectivity index (χ2v) is 13.8. The van der Waals surface area contributed by atoms with Crippen LogP contribution in [0.1, 0.15) is 26.3 Å². The molecule has 0 amide bonds. The van der Waals surface area contributed by atoms with E-state index in [2.05, 4.69) is 0 Å². The predicted octanol–water partition coefficient (Wildman–Crippen LogP) is 3.21. The molecule has 9 nitrogen and oxygen atoms in total. The van der Waals surface area contributed by atoms with E-state index >= 15 is 0 Å². The first-order chi connectivity index (χ1) is 16.5. The van der Waals surface area contributed by atoms with Crippen LogP contribution >= 0.6 is 11.6 Å². The lowest BCUT2D eigenvalue weighted by Crippen LogP contribution is -2.48. The van der Waals surface area contributed by atoms with Crippen molar-refractivity contribution in [2.75, 3.05) is 30.7 Å². The zero-order valence-corrected chi connectivity index (χ0v) is 22.9. The van der Waals surface area contributed by atoms with Gasteiger partial charge in [0.1, 0.15) is 23.3 Å². The maximum Gasteiger partial charge on any atom is 0.310 e. The van der Waals surface area contributed by atoms with Crippen LogP contribution in [-0.4, -0.2) is 65.2 Å². The van der Waals surface area contributed by atoms with Gasteiger partial charge in [-0.1, -0.05) is 17.7 Å². The number of sulfonamides is 2. The molecule has 0 fully saturated rings. The van der Waals surface area contributed by atoms with Gasteiger partial charge < -0.3 is 9.47 Å². The topological polar surface area (TPSA) is 110 Å². The molecule has 1 atom stereocenters. The standard InChI is InChI=1S/C23H28ClFN2O7S2/c1-23(2,3)34-22(28)11-15-6-9-21-20(10-15)27(14-16(33-21)13-26(4)35(5,29)30)36(31,32)17-7-8-19(25)18(24)12-17/h6-10,12,16H,11,13-14H2,1-5H3/t16-/m0/s1. The molecule has 0 saturated heterocycles. The van der Waals surface area contributed by atoms with Crippen LogP contribution in [-0.2, 0) is 36.0 Å². The number of hydrogen-bond donors (Lipinski definition) is 0. The molecule has 0 unspecified atom stereocenters. The maximum atomic E-state index is 13.7. The van der Waals surface area contributed by atoms with E-state index in [1.807, 2.05) is 0 Å². The summed E-state index contributed by atoms with van der Waals surface area (Å²) in [6.07, 6.45) is 0.0719. The second kappa shape index (κ2) is 10.2. The molecule has 2 aromatic rings. The Morgan fingerprint density at radius 1 is 1.19 bits per heavy atom. The third-order valence-corrected chi connectivity index (χ3v) is 8.58. The van der Waals surface area contributed by atoms with Gasteiger partial charge >= 0.3 is 5.97 Å². The van der Waals surface area contributed by atoms with Crippen molar-refractivity contribution in [1.82, 2.24) is 4.31 Å². The van der Waals surface area contributed by atoms with Crippen LogP contribution in [0.25, 0.3) is 0 Å². The quantitative estimate of drug-likeness (QED) is 0.476. The Hall–Kier alpha value is -2.41. The molecule has 1 aliphatic rings. The SMILES string of the molecule is CN(C[C@H]1CN(S(=O)(=O)c2ccc(F)c(Cl)c2)c2cc(CC(=O)OC(C)(C)C)ccc2O1)S(C)(=O)=O. The molecule has 36 heavy (non-hydrogen) atoms. The minimum absolute atomic E-state index is 0.110. The van der Waals surface area contributed by atoms with Crippen LogP contribution < -0.4 is 9.04 Å². The number of esters is 1. The van der Waals surface area contributed by atoms with Gasteiger partial charge in [-0.15, -0.1) is 0 Å². The Morgan fingerprint density at radius 3 is 2.44 bits per heavy atom. The lowest BCUT2D eigenvalue weighted by molar-refractivity contribution is -0.153. The number of anilines is 1. The Kier molecular flexibility index (Phi) is 7.95. The lowest BCUT2D eigenvalue weighted by Gasteiger charge is -2.36. The Balaban J connectivity index is 2.04. The number of fused-ring (bicyclic) bond motifs is 1. The van der Waals surface area contributed by atoms with E-state index in [0.29, 0.717) is 5.56 Å². The van der Waals surface area contributed by atoms with Crippen molar-refractivity contribution in [3.05, 3.63) is 52.8 Å². The fourth-order valence-electron chi connectivity index (χ4n) is 3.52. The molecule has 13 heteroatoms. The summed E-state index contributed by atoms with van der Waals surface area (Å²) in [5, 5.41) is -0.364. The van der Waals surface area contributed by atoms with Crippen LogP contribution in [0.2, 0.25) is 5.02 Å². The largest absolute Gasteiger partial charge is 0.485 e. The summed E-state index contributed by atoms with van der Waals surface area (Å²) in [6, 6.07) is 7.66. The fraction of sp³-hybridized carbons (Fsp3) is 0.435. The third kappa shape index (κ3) is 6.67. The molecule has 0 aromatic heterocycles. The average Bonchev–Trinajstić information content (AvgIpc) is 2.73. The molecular weight excluding hydrogens is 535 g/mol. The summed E-state index contributed by atoms with van der Waals surface area (Å²) in [5.41, 5.74) is -0.0600.